The molecule has 2 heteroatoms. The van der Waals surface area contributed by atoms with Crippen LogP contribution in [0.15, 0.2) is 0 Å². The van der Waals surface area contributed by atoms with Gasteiger partial charge in [-0.2, -0.15) is 0 Å². The highest BCUT2D eigenvalue weighted by Crippen LogP contribution is 2.24. The Balaban J connectivity index is 2.01. The summed E-state index contributed by atoms with van der Waals surface area (Å²) < 4.78 is 0. The molecule has 2 atom stereocenters. The maximum Gasteiger partial charge on any atom is 0.00927 e. The van der Waals surface area contributed by atoms with Crippen LogP contribution in [0.25, 0.3) is 0 Å². The van der Waals surface area contributed by atoms with E-state index >= 15 is 0 Å². The fraction of sp³-hybridized carbons (Fsp3) is 1.00. The average Bonchev–Trinajstić information content (AvgIpc) is 2.65. The van der Waals surface area contributed by atoms with Crippen LogP contribution in [0.5, 0.6) is 0 Å². The van der Waals surface area contributed by atoms with Crippen molar-refractivity contribution in [2.75, 3.05) is 26.2 Å². The van der Waals surface area contributed by atoms with Crippen LogP contribution in [0, 0.1) is 5.92 Å². The molecular formula is C13H28N2. The third-order valence-electron chi connectivity index (χ3n) is 3.81. The summed E-state index contributed by atoms with van der Waals surface area (Å²) >= 11 is 0. The van der Waals surface area contributed by atoms with Gasteiger partial charge in [0.25, 0.3) is 0 Å². The summed E-state index contributed by atoms with van der Waals surface area (Å²) in [6.45, 7) is 11.7. The van der Waals surface area contributed by atoms with Gasteiger partial charge in [-0.05, 0) is 51.4 Å². The SMILES string of the molecule is CCN(CC)CCCNC1CCCC1C. The lowest BCUT2D eigenvalue weighted by Gasteiger charge is -2.20. The minimum absolute atomic E-state index is 0.807. The Morgan fingerprint density at radius 3 is 2.47 bits per heavy atom. The number of hydrogen-bond acceptors (Lipinski definition) is 2. The van der Waals surface area contributed by atoms with Gasteiger partial charge in [0.2, 0.25) is 0 Å². The van der Waals surface area contributed by atoms with Crippen LogP contribution < -0.4 is 5.32 Å². The lowest BCUT2D eigenvalue weighted by atomic mass is 10.1. The van der Waals surface area contributed by atoms with Crippen molar-refractivity contribution in [3.63, 3.8) is 0 Å². The molecule has 1 saturated carbocycles. The molecule has 1 N–H and O–H groups in total. The van der Waals surface area contributed by atoms with Crippen LogP contribution in [0.2, 0.25) is 0 Å². The van der Waals surface area contributed by atoms with Gasteiger partial charge in [0, 0.05) is 6.04 Å². The van der Waals surface area contributed by atoms with E-state index in [1.807, 2.05) is 0 Å². The summed E-state index contributed by atoms with van der Waals surface area (Å²) in [5, 5.41) is 3.71. The number of hydrogen-bond donors (Lipinski definition) is 1. The molecule has 0 bridgehead atoms. The molecule has 0 heterocycles. The van der Waals surface area contributed by atoms with Crippen LogP contribution in [-0.4, -0.2) is 37.1 Å². The minimum Gasteiger partial charge on any atom is -0.314 e. The molecule has 0 amide bonds. The Morgan fingerprint density at radius 2 is 1.93 bits per heavy atom. The second-order valence-corrected chi connectivity index (χ2v) is 4.85. The van der Waals surface area contributed by atoms with E-state index in [9.17, 15) is 0 Å². The zero-order valence-electron chi connectivity index (χ0n) is 10.8. The molecule has 90 valence electrons. The first-order valence-electron chi connectivity index (χ1n) is 6.73. The molecule has 0 spiro atoms. The first-order chi connectivity index (χ1) is 7.27. The highest BCUT2D eigenvalue weighted by atomic mass is 15.1. The van der Waals surface area contributed by atoms with E-state index < -0.39 is 0 Å². The monoisotopic (exact) mass is 212 g/mol. The molecule has 0 aromatic heterocycles. The van der Waals surface area contributed by atoms with Crippen molar-refractivity contribution < 1.29 is 0 Å². The standard InChI is InChI=1S/C13H28N2/c1-4-15(5-2)11-7-10-14-13-9-6-8-12(13)3/h12-14H,4-11H2,1-3H3. The van der Waals surface area contributed by atoms with Crippen LogP contribution in [-0.2, 0) is 0 Å². The van der Waals surface area contributed by atoms with Crippen molar-refractivity contribution in [3.05, 3.63) is 0 Å². The van der Waals surface area contributed by atoms with Gasteiger partial charge >= 0.3 is 0 Å². The smallest absolute Gasteiger partial charge is 0.00927 e. The fourth-order valence-electron chi connectivity index (χ4n) is 2.58. The molecule has 2 nitrogen and oxygen atoms in total. The van der Waals surface area contributed by atoms with Gasteiger partial charge in [-0.15, -0.1) is 0 Å². The van der Waals surface area contributed by atoms with Crippen LogP contribution in [0.3, 0.4) is 0 Å². The first-order valence-corrected chi connectivity index (χ1v) is 6.73. The second kappa shape index (κ2) is 7.24. The molecule has 1 fully saturated rings. The van der Waals surface area contributed by atoms with E-state index in [0.717, 1.165) is 12.0 Å². The summed E-state index contributed by atoms with van der Waals surface area (Å²) in [7, 11) is 0. The third kappa shape index (κ3) is 4.52. The van der Waals surface area contributed by atoms with Crippen molar-refractivity contribution in [1.29, 1.82) is 0 Å². The Bertz CT molecular complexity index is 155. The Labute approximate surface area is 95.4 Å². The molecule has 1 rings (SSSR count). The van der Waals surface area contributed by atoms with Crippen molar-refractivity contribution in [1.82, 2.24) is 10.2 Å². The molecule has 0 aromatic rings. The normalized spacial score (nSPS) is 26.4. The van der Waals surface area contributed by atoms with E-state index in [-0.39, 0.29) is 0 Å². The van der Waals surface area contributed by atoms with E-state index in [1.165, 1.54) is 51.9 Å². The Morgan fingerprint density at radius 1 is 1.20 bits per heavy atom. The topological polar surface area (TPSA) is 15.3 Å². The summed E-state index contributed by atoms with van der Waals surface area (Å²) in [4.78, 5) is 2.50. The molecule has 0 saturated heterocycles. The van der Waals surface area contributed by atoms with Gasteiger partial charge in [0.1, 0.15) is 0 Å². The van der Waals surface area contributed by atoms with E-state index in [2.05, 4.69) is 31.0 Å². The van der Waals surface area contributed by atoms with Crippen LogP contribution >= 0.6 is 0 Å². The molecule has 2 unspecified atom stereocenters. The summed E-state index contributed by atoms with van der Waals surface area (Å²) in [5.41, 5.74) is 0. The lowest BCUT2D eigenvalue weighted by molar-refractivity contribution is 0.293. The van der Waals surface area contributed by atoms with Gasteiger partial charge in [-0.3, -0.25) is 0 Å². The molecule has 1 aliphatic rings. The van der Waals surface area contributed by atoms with Gasteiger partial charge in [-0.1, -0.05) is 27.2 Å². The highest BCUT2D eigenvalue weighted by Gasteiger charge is 2.21. The average molecular weight is 212 g/mol. The van der Waals surface area contributed by atoms with E-state index in [4.69, 9.17) is 0 Å². The minimum atomic E-state index is 0.807. The van der Waals surface area contributed by atoms with Crippen molar-refractivity contribution >= 4 is 0 Å². The fourth-order valence-corrected chi connectivity index (χ4v) is 2.58. The maximum atomic E-state index is 3.71. The van der Waals surface area contributed by atoms with Crippen LogP contribution in [0.1, 0.15) is 46.5 Å². The molecule has 0 radical (unpaired) electrons. The zero-order chi connectivity index (χ0) is 11.1. The van der Waals surface area contributed by atoms with Crippen molar-refractivity contribution in [2.24, 2.45) is 5.92 Å². The highest BCUT2D eigenvalue weighted by molar-refractivity contribution is 4.79. The summed E-state index contributed by atoms with van der Waals surface area (Å²) in [6.07, 6.45) is 5.54. The molecular weight excluding hydrogens is 184 g/mol. The summed E-state index contributed by atoms with van der Waals surface area (Å²) in [5.74, 6) is 0.901. The summed E-state index contributed by atoms with van der Waals surface area (Å²) in [6, 6.07) is 0.807. The number of rotatable bonds is 7. The first kappa shape index (κ1) is 13.0. The van der Waals surface area contributed by atoms with E-state index in [1.54, 1.807) is 0 Å². The van der Waals surface area contributed by atoms with Gasteiger partial charge in [0.15, 0.2) is 0 Å². The Hall–Kier alpha value is -0.0800. The molecule has 0 aliphatic heterocycles. The maximum absolute atomic E-state index is 3.71. The predicted octanol–water partition coefficient (Wildman–Crippen LogP) is 2.50. The van der Waals surface area contributed by atoms with Crippen molar-refractivity contribution in [3.8, 4) is 0 Å². The molecule has 0 aromatic carbocycles. The molecule has 15 heavy (non-hydrogen) atoms. The zero-order valence-corrected chi connectivity index (χ0v) is 10.8. The molecule has 1 aliphatic carbocycles. The largest absolute Gasteiger partial charge is 0.314 e. The van der Waals surface area contributed by atoms with E-state index in [0.29, 0.717) is 0 Å². The lowest BCUT2D eigenvalue weighted by Crippen LogP contribution is -2.34. The van der Waals surface area contributed by atoms with Gasteiger partial charge in [-0.25, -0.2) is 0 Å². The number of nitrogens with one attached hydrogen (secondary N) is 1. The predicted molar refractivity (Wildman–Crippen MR) is 67.2 cm³/mol. The number of nitrogens with zero attached hydrogens (tertiary/aromatic N) is 1. The Kier molecular flexibility index (Phi) is 6.26. The van der Waals surface area contributed by atoms with Crippen LogP contribution in [0.4, 0.5) is 0 Å². The van der Waals surface area contributed by atoms with Crippen molar-refractivity contribution in [2.45, 2.75) is 52.5 Å². The van der Waals surface area contributed by atoms with Gasteiger partial charge < -0.3 is 10.2 Å². The van der Waals surface area contributed by atoms with Gasteiger partial charge in [0.05, 0.1) is 0 Å². The quantitative estimate of drug-likeness (QED) is 0.652. The third-order valence-corrected chi connectivity index (χ3v) is 3.81. The second-order valence-electron chi connectivity index (χ2n) is 4.85.